The molecule has 4 rings (SSSR count). The molecule has 8 heteroatoms. The standard InChI is InChI=1S/C21H23N3O4S/c1-13-4-6-16(17(10-13)27-3)28-18-7-5-14(11-22-18)23-20(26)15-12-29-21(2)9-8-19(25)24(15)21/h4-7,10-11,15H,8-9,12H2,1-3H3,(H,23,26)/t15-,21+/m1/s1. The van der Waals surface area contributed by atoms with E-state index in [1.165, 1.54) is 0 Å². The van der Waals surface area contributed by atoms with Gasteiger partial charge in [-0.2, -0.15) is 0 Å². The van der Waals surface area contributed by atoms with Crippen molar-refractivity contribution in [3.05, 3.63) is 42.1 Å². The quantitative estimate of drug-likeness (QED) is 0.807. The van der Waals surface area contributed by atoms with Crippen LogP contribution in [0.2, 0.25) is 0 Å². The van der Waals surface area contributed by atoms with Gasteiger partial charge in [-0.1, -0.05) is 6.07 Å². The molecule has 2 saturated heterocycles. The highest BCUT2D eigenvalue weighted by atomic mass is 32.2. The number of aromatic nitrogens is 1. The van der Waals surface area contributed by atoms with Crippen LogP contribution >= 0.6 is 11.8 Å². The molecule has 2 aliphatic rings. The van der Waals surface area contributed by atoms with Crippen LogP contribution in [0, 0.1) is 6.92 Å². The summed E-state index contributed by atoms with van der Waals surface area (Å²) in [7, 11) is 1.59. The molecular formula is C21H23N3O4S. The second kappa shape index (κ2) is 7.59. The van der Waals surface area contributed by atoms with Gasteiger partial charge in [0.2, 0.25) is 17.7 Å². The van der Waals surface area contributed by atoms with Crippen molar-refractivity contribution in [1.82, 2.24) is 9.88 Å². The molecule has 1 aromatic heterocycles. The Labute approximate surface area is 173 Å². The molecule has 0 radical (unpaired) electrons. The molecule has 0 bridgehead atoms. The van der Waals surface area contributed by atoms with Crippen LogP contribution in [0.3, 0.4) is 0 Å². The number of hydrogen-bond donors (Lipinski definition) is 1. The summed E-state index contributed by atoms with van der Waals surface area (Å²) in [6.45, 7) is 4.01. The van der Waals surface area contributed by atoms with E-state index in [4.69, 9.17) is 9.47 Å². The summed E-state index contributed by atoms with van der Waals surface area (Å²) < 4.78 is 11.1. The topological polar surface area (TPSA) is 80.8 Å². The minimum absolute atomic E-state index is 0.0477. The number of pyridine rings is 1. The molecule has 0 unspecified atom stereocenters. The summed E-state index contributed by atoms with van der Waals surface area (Å²) in [5.74, 6) is 2.05. The zero-order valence-corrected chi connectivity index (χ0v) is 17.4. The van der Waals surface area contributed by atoms with E-state index in [0.717, 1.165) is 12.0 Å². The Hall–Kier alpha value is -2.74. The van der Waals surface area contributed by atoms with Gasteiger partial charge in [0.25, 0.3) is 0 Å². The Balaban J connectivity index is 1.42. The first-order chi connectivity index (χ1) is 13.9. The number of thioether (sulfide) groups is 1. The lowest BCUT2D eigenvalue weighted by Crippen LogP contribution is -2.48. The third kappa shape index (κ3) is 3.76. The zero-order valence-electron chi connectivity index (χ0n) is 16.6. The lowest BCUT2D eigenvalue weighted by atomic mass is 10.2. The number of hydrogen-bond acceptors (Lipinski definition) is 6. The monoisotopic (exact) mass is 413 g/mol. The highest BCUT2D eigenvalue weighted by Crippen LogP contribution is 2.47. The van der Waals surface area contributed by atoms with Crippen molar-refractivity contribution < 1.29 is 19.1 Å². The van der Waals surface area contributed by atoms with Crippen LogP contribution in [-0.4, -0.2) is 45.5 Å². The highest BCUT2D eigenvalue weighted by Gasteiger charge is 2.52. The summed E-state index contributed by atoms with van der Waals surface area (Å²) in [4.78, 5) is 30.7. The Morgan fingerprint density at radius 1 is 1.31 bits per heavy atom. The molecule has 7 nitrogen and oxygen atoms in total. The Bertz CT molecular complexity index is 949. The summed E-state index contributed by atoms with van der Waals surface area (Å²) in [5.41, 5.74) is 1.63. The Morgan fingerprint density at radius 3 is 2.86 bits per heavy atom. The van der Waals surface area contributed by atoms with Gasteiger partial charge >= 0.3 is 0 Å². The predicted molar refractivity (Wildman–Crippen MR) is 111 cm³/mol. The van der Waals surface area contributed by atoms with Crippen molar-refractivity contribution in [1.29, 1.82) is 0 Å². The SMILES string of the molecule is COc1cc(C)ccc1Oc1ccc(NC(=O)[C@H]2CS[C@@]3(C)CCC(=O)N23)cn1. The fourth-order valence-corrected chi connectivity index (χ4v) is 5.16. The van der Waals surface area contributed by atoms with Gasteiger partial charge < -0.3 is 19.7 Å². The van der Waals surface area contributed by atoms with Crippen LogP contribution < -0.4 is 14.8 Å². The molecule has 0 spiro atoms. The number of nitrogens with zero attached hydrogens (tertiary/aromatic N) is 2. The van der Waals surface area contributed by atoms with E-state index in [1.807, 2.05) is 32.0 Å². The fraction of sp³-hybridized carbons (Fsp3) is 0.381. The van der Waals surface area contributed by atoms with Gasteiger partial charge in [-0.15, -0.1) is 11.8 Å². The molecule has 2 atom stereocenters. The first-order valence-corrected chi connectivity index (χ1v) is 10.4. The van der Waals surface area contributed by atoms with Gasteiger partial charge in [0, 0.05) is 18.2 Å². The van der Waals surface area contributed by atoms with Crippen LogP contribution in [0.4, 0.5) is 5.69 Å². The number of fused-ring (bicyclic) bond motifs is 1. The van der Waals surface area contributed by atoms with Gasteiger partial charge in [-0.3, -0.25) is 9.59 Å². The number of benzene rings is 1. The molecule has 1 aromatic carbocycles. The number of anilines is 1. The Kier molecular flexibility index (Phi) is 5.12. The van der Waals surface area contributed by atoms with E-state index in [1.54, 1.807) is 42.1 Å². The van der Waals surface area contributed by atoms with Crippen LogP contribution in [0.25, 0.3) is 0 Å². The maximum Gasteiger partial charge on any atom is 0.248 e. The van der Waals surface area contributed by atoms with Crippen molar-refractivity contribution in [2.75, 3.05) is 18.2 Å². The van der Waals surface area contributed by atoms with E-state index < -0.39 is 6.04 Å². The van der Waals surface area contributed by atoms with Gasteiger partial charge in [0.05, 0.1) is 23.9 Å². The summed E-state index contributed by atoms with van der Waals surface area (Å²) in [6.07, 6.45) is 2.83. The molecule has 2 aliphatic heterocycles. The largest absolute Gasteiger partial charge is 0.493 e. The van der Waals surface area contributed by atoms with E-state index in [0.29, 0.717) is 35.2 Å². The van der Waals surface area contributed by atoms with Crippen molar-refractivity contribution in [2.24, 2.45) is 0 Å². The maximum absolute atomic E-state index is 12.7. The van der Waals surface area contributed by atoms with Gasteiger partial charge in [-0.05, 0) is 44.0 Å². The summed E-state index contributed by atoms with van der Waals surface area (Å²) >= 11 is 1.67. The van der Waals surface area contributed by atoms with E-state index >= 15 is 0 Å². The average molecular weight is 413 g/mol. The molecule has 0 aliphatic carbocycles. The number of rotatable bonds is 5. The zero-order chi connectivity index (χ0) is 20.6. The number of carbonyl (C=O) groups excluding carboxylic acids is 2. The molecule has 152 valence electrons. The van der Waals surface area contributed by atoms with Crippen LogP contribution in [0.15, 0.2) is 36.5 Å². The van der Waals surface area contributed by atoms with Gasteiger partial charge in [-0.25, -0.2) is 4.98 Å². The molecule has 3 heterocycles. The molecule has 1 N–H and O–H groups in total. The van der Waals surface area contributed by atoms with Crippen molar-refractivity contribution in [3.63, 3.8) is 0 Å². The molecular weight excluding hydrogens is 390 g/mol. The normalized spacial score (nSPS) is 23.1. The summed E-state index contributed by atoms with van der Waals surface area (Å²) in [5, 5.41) is 2.87. The molecule has 2 amide bonds. The number of methoxy groups -OCH3 is 1. The lowest BCUT2D eigenvalue weighted by Gasteiger charge is -2.29. The van der Waals surface area contributed by atoms with Crippen LogP contribution in [0.5, 0.6) is 17.4 Å². The van der Waals surface area contributed by atoms with Crippen molar-refractivity contribution >= 4 is 29.3 Å². The lowest BCUT2D eigenvalue weighted by molar-refractivity contribution is -0.135. The Morgan fingerprint density at radius 2 is 2.14 bits per heavy atom. The highest BCUT2D eigenvalue weighted by molar-refractivity contribution is 8.01. The number of nitrogens with one attached hydrogen (secondary N) is 1. The van der Waals surface area contributed by atoms with E-state index in [-0.39, 0.29) is 16.7 Å². The van der Waals surface area contributed by atoms with Crippen LogP contribution in [0.1, 0.15) is 25.3 Å². The smallest absolute Gasteiger partial charge is 0.248 e. The van der Waals surface area contributed by atoms with Gasteiger partial charge in [0.1, 0.15) is 6.04 Å². The van der Waals surface area contributed by atoms with E-state index in [9.17, 15) is 9.59 Å². The number of carbonyl (C=O) groups is 2. The fourth-order valence-electron chi connectivity index (χ4n) is 3.73. The number of aryl methyl sites for hydroxylation is 1. The van der Waals surface area contributed by atoms with Crippen LogP contribution in [-0.2, 0) is 9.59 Å². The maximum atomic E-state index is 12.7. The molecule has 2 aromatic rings. The van der Waals surface area contributed by atoms with E-state index in [2.05, 4.69) is 10.3 Å². The predicted octanol–water partition coefficient (Wildman–Crippen LogP) is 3.58. The first-order valence-electron chi connectivity index (χ1n) is 9.45. The van der Waals surface area contributed by atoms with Crippen molar-refractivity contribution in [2.45, 2.75) is 37.6 Å². The number of amides is 2. The molecule has 2 fully saturated rings. The summed E-state index contributed by atoms with van der Waals surface area (Å²) in [6, 6.07) is 8.61. The first kappa shape index (κ1) is 19.6. The third-order valence-electron chi connectivity index (χ3n) is 5.29. The van der Waals surface area contributed by atoms with Gasteiger partial charge in [0.15, 0.2) is 11.5 Å². The minimum Gasteiger partial charge on any atom is -0.493 e. The second-order valence-electron chi connectivity index (χ2n) is 7.40. The third-order valence-corrected chi connectivity index (χ3v) is 6.79. The second-order valence-corrected chi connectivity index (χ2v) is 8.90. The van der Waals surface area contributed by atoms with Crippen molar-refractivity contribution in [3.8, 4) is 17.4 Å². The molecule has 0 saturated carbocycles. The average Bonchev–Trinajstić information content (AvgIpc) is 3.20. The molecule has 29 heavy (non-hydrogen) atoms. The number of ether oxygens (including phenoxy) is 2. The minimum atomic E-state index is -0.451.